The molecule has 0 atom stereocenters. The number of fused-ring (bicyclic) bond motifs is 1. The molecule has 0 spiro atoms. The average Bonchev–Trinajstić information content (AvgIpc) is 2.69. The Hall–Kier alpha value is -2.56. The van der Waals surface area contributed by atoms with Crippen molar-refractivity contribution in [3.8, 4) is 0 Å². The van der Waals surface area contributed by atoms with Gasteiger partial charge in [-0.15, -0.1) is 4.83 Å². The summed E-state index contributed by atoms with van der Waals surface area (Å²) in [4.78, 5) is 27.2. The molecule has 2 aromatic carbocycles. The predicted molar refractivity (Wildman–Crippen MR) is 108 cm³/mol. The maximum Gasteiger partial charge on any atom is 0.287 e. The van der Waals surface area contributed by atoms with E-state index in [0.717, 1.165) is 0 Å². The minimum Gasteiger partial charge on any atom is -0.272 e. The first-order valence-corrected chi connectivity index (χ1v) is 10.7. The van der Waals surface area contributed by atoms with Crippen LogP contribution in [0.2, 0.25) is 0 Å². The fourth-order valence-electron chi connectivity index (χ4n) is 2.66. The van der Waals surface area contributed by atoms with E-state index in [-0.39, 0.29) is 16.1 Å². The maximum atomic E-state index is 12.7. The van der Waals surface area contributed by atoms with E-state index in [1.54, 1.807) is 42.5 Å². The first-order valence-electron chi connectivity index (χ1n) is 8.41. The third-order valence-corrected chi connectivity index (χ3v) is 6.20. The van der Waals surface area contributed by atoms with Crippen LogP contribution in [-0.2, 0) is 16.6 Å². The number of carbonyl (C=O) groups is 1. The molecule has 10 heteroatoms. The summed E-state index contributed by atoms with van der Waals surface area (Å²) in [6.07, 6.45) is 0.654. The second kappa shape index (κ2) is 8.21. The Morgan fingerprint density at radius 2 is 1.75 bits per heavy atom. The second-order valence-corrected chi connectivity index (χ2v) is 8.42. The van der Waals surface area contributed by atoms with Crippen molar-refractivity contribution in [3.63, 3.8) is 0 Å². The molecule has 1 amide bonds. The zero-order chi connectivity index (χ0) is 20.3. The van der Waals surface area contributed by atoms with Gasteiger partial charge >= 0.3 is 0 Å². The SMILES string of the molecule is CCCn1nc(C(=O)NNS(=O)(=O)c2ccccc2Br)c2ccccc2c1=O. The number of aryl methyl sites for hydroxylation is 1. The fourth-order valence-corrected chi connectivity index (χ4v) is 4.50. The number of hydrogen-bond acceptors (Lipinski definition) is 5. The van der Waals surface area contributed by atoms with Crippen molar-refractivity contribution in [3.05, 3.63) is 69.1 Å². The van der Waals surface area contributed by atoms with E-state index < -0.39 is 15.9 Å². The molecule has 1 aromatic heterocycles. The van der Waals surface area contributed by atoms with Gasteiger partial charge in [-0.2, -0.15) is 5.10 Å². The van der Waals surface area contributed by atoms with Crippen LogP contribution in [0.25, 0.3) is 10.8 Å². The van der Waals surface area contributed by atoms with Crippen LogP contribution in [0, 0.1) is 0 Å². The number of nitrogens with zero attached hydrogens (tertiary/aromatic N) is 2. The minimum absolute atomic E-state index is 0.0240. The Bertz CT molecular complexity index is 1210. The molecule has 0 aliphatic carbocycles. The molecule has 0 bridgehead atoms. The van der Waals surface area contributed by atoms with Crippen molar-refractivity contribution < 1.29 is 13.2 Å². The van der Waals surface area contributed by atoms with E-state index in [2.05, 4.69) is 31.3 Å². The van der Waals surface area contributed by atoms with Crippen molar-refractivity contribution >= 4 is 42.6 Å². The van der Waals surface area contributed by atoms with Crippen molar-refractivity contribution in [2.45, 2.75) is 24.8 Å². The van der Waals surface area contributed by atoms with Gasteiger partial charge in [0.05, 0.1) is 10.3 Å². The monoisotopic (exact) mass is 464 g/mol. The van der Waals surface area contributed by atoms with Gasteiger partial charge in [0.15, 0.2) is 5.69 Å². The topological polar surface area (TPSA) is 110 Å². The molecular formula is C18H17BrN4O4S. The van der Waals surface area contributed by atoms with Crippen LogP contribution in [0.1, 0.15) is 23.8 Å². The summed E-state index contributed by atoms with van der Waals surface area (Å²) in [6.45, 7) is 2.22. The summed E-state index contributed by atoms with van der Waals surface area (Å²) in [5.41, 5.74) is 1.82. The molecule has 0 aliphatic heterocycles. The van der Waals surface area contributed by atoms with Crippen LogP contribution >= 0.6 is 15.9 Å². The fraction of sp³-hybridized carbons (Fsp3) is 0.167. The lowest BCUT2D eigenvalue weighted by Crippen LogP contribution is -2.42. The predicted octanol–water partition coefficient (Wildman–Crippen LogP) is 2.19. The molecule has 0 aliphatic rings. The van der Waals surface area contributed by atoms with E-state index in [1.807, 2.05) is 6.92 Å². The molecule has 0 unspecified atom stereocenters. The Kier molecular flexibility index (Phi) is 5.92. The van der Waals surface area contributed by atoms with E-state index in [9.17, 15) is 18.0 Å². The Balaban J connectivity index is 1.95. The number of hydrogen-bond donors (Lipinski definition) is 2. The van der Waals surface area contributed by atoms with E-state index in [4.69, 9.17) is 0 Å². The third-order valence-electron chi connectivity index (χ3n) is 3.94. The highest BCUT2D eigenvalue weighted by atomic mass is 79.9. The molecule has 3 rings (SSSR count). The number of hydrazine groups is 1. The Morgan fingerprint density at radius 1 is 1.11 bits per heavy atom. The highest BCUT2D eigenvalue weighted by molar-refractivity contribution is 9.10. The molecule has 146 valence electrons. The second-order valence-electron chi connectivity index (χ2n) is 5.91. The summed E-state index contributed by atoms with van der Waals surface area (Å²) in [5.74, 6) is -0.767. The molecule has 28 heavy (non-hydrogen) atoms. The van der Waals surface area contributed by atoms with Gasteiger partial charge in [0.1, 0.15) is 0 Å². The van der Waals surface area contributed by atoms with Crippen molar-refractivity contribution in [2.24, 2.45) is 0 Å². The number of benzene rings is 2. The van der Waals surface area contributed by atoms with Crippen molar-refractivity contribution in [1.29, 1.82) is 0 Å². The zero-order valence-electron chi connectivity index (χ0n) is 14.8. The number of nitrogens with one attached hydrogen (secondary N) is 2. The molecule has 0 saturated carbocycles. The number of halogens is 1. The quantitative estimate of drug-likeness (QED) is 0.543. The standard InChI is InChI=1S/C18H17BrN4O4S/c1-2-11-23-18(25)13-8-4-3-7-12(13)16(21-23)17(24)20-22-28(26,27)15-10-6-5-9-14(15)19/h3-10,22H,2,11H2,1H3,(H,20,24). The summed E-state index contributed by atoms with van der Waals surface area (Å²) >= 11 is 3.17. The van der Waals surface area contributed by atoms with Gasteiger partial charge in [0, 0.05) is 16.4 Å². The number of sulfonamides is 1. The van der Waals surface area contributed by atoms with Gasteiger partial charge in [-0.05, 0) is 40.5 Å². The number of rotatable bonds is 6. The van der Waals surface area contributed by atoms with Crippen LogP contribution < -0.4 is 15.8 Å². The molecule has 2 N–H and O–H groups in total. The first kappa shape index (κ1) is 20.2. The third kappa shape index (κ3) is 3.98. The molecule has 0 fully saturated rings. The maximum absolute atomic E-state index is 12.7. The van der Waals surface area contributed by atoms with E-state index in [1.165, 1.54) is 10.7 Å². The van der Waals surface area contributed by atoms with Crippen molar-refractivity contribution in [2.75, 3.05) is 0 Å². The van der Waals surface area contributed by atoms with Crippen molar-refractivity contribution in [1.82, 2.24) is 20.0 Å². The number of amides is 1. The van der Waals surface area contributed by atoms with Crippen LogP contribution in [-0.4, -0.2) is 24.1 Å². The van der Waals surface area contributed by atoms with Gasteiger partial charge in [-0.1, -0.05) is 37.3 Å². The molecule has 1 heterocycles. The average molecular weight is 465 g/mol. The highest BCUT2D eigenvalue weighted by Crippen LogP contribution is 2.20. The van der Waals surface area contributed by atoms with Gasteiger partial charge in [0.2, 0.25) is 0 Å². The summed E-state index contributed by atoms with van der Waals surface area (Å²) in [7, 11) is -4.00. The molecule has 0 radical (unpaired) electrons. The summed E-state index contributed by atoms with van der Waals surface area (Å²) in [6, 6.07) is 12.8. The molecule has 3 aromatic rings. The molecule has 0 saturated heterocycles. The molecule has 8 nitrogen and oxygen atoms in total. The van der Waals surface area contributed by atoms with Crippen LogP contribution in [0.5, 0.6) is 0 Å². The van der Waals surface area contributed by atoms with Gasteiger partial charge in [0.25, 0.3) is 21.5 Å². The Labute approximate surface area is 169 Å². The van der Waals surface area contributed by atoms with Gasteiger partial charge < -0.3 is 0 Å². The van der Waals surface area contributed by atoms with Crippen LogP contribution in [0.15, 0.2) is 62.7 Å². The number of carbonyl (C=O) groups excluding carboxylic acids is 1. The number of aromatic nitrogens is 2. The smallest absolute Gasteiger partial charge is 0.272 e. The zero-order valence-corrected chi connectivity index (χ0v) is 17.2. The first-order chi connectivity index (χ1) is 13.3. The minimum atomic E-state index is -4.00. The largest absolute Gasteiger partial charge is 0.287 e. The molecular weight excluding hydrogens is 448 g/mol. The van der Waals surface area contributed by atoms with E-state index in [0.29, 0.717) is 28.2 Å². The lowest BCUT2D eigenvalue weighted by atomic mass is 10.1. The summed E-state index contributed by atoms with van der Waals surface area (Å²) in [5, 5.41) is 4.81. The van der Waals surface area contributed by atoms with Crippen LogP contribution in [0.4, 0.5) is 0 Å². The lowest BCUT2D eigenvalue weighted by molar-refractivity contribution is 0.0939. The van der Waals surface area contributed by atoms with E-state index >= 15 is 0 Å². The summed E-state index contributed by atoms with van der Waals surface area (Å²) < 4.78 is 26.5. The highest BCUT2D eigenvalue weighted by Gasteiger charge is 2.21. The van der Waals surface area contributed by atoms with Gasteiger partial charge in [-0.25, -0.2) is 13.1 Å². The Morgan fingerprint density at radius 3 is 2.43 bits per heavy atom. The normalized spacial score (nSPS) is 11.5. The van der Waals surface area contributed by atoms with Crippen LogP contribution in [0.3, 0.4) is 0 Å². The van der Waals surface area contributed by atoms with Gasteiger partial charge in [-0.3, -0.25) is 15.0 Å². The lowest BCUT2D eigenvalue weighted by Gasteiger charge is -2.12.